The fraction of sp³-hybridized carbons (Fsp3) is 0.250. The van der Waals surface area contributed by atoms with Gasteiger partial charge in [0, 0.05) is 17.3 Å². The Morgan fingerprint density at radius 3 is 2.20 bits per heavy atom. The average molecular weight is 332 g/mol. The highest BCUT2D eigenvalue weighted by molar-refractivity contribution is 5.79. The van der Waals surface area contributed by atoms with E-state index < -0.39 is 0 Å². The van der Waals surface area contributed by atoms with Crippen LogP contribution in [0.2, 0.25) is 0 Å². The van der Waals surface area contributed by atoms with Gasteiger partial charge in [-0.3, -0.25) is 0 Å². The van der Waals surface area contributed by atoms with Crippen molar-refractivity contribution in [2.75, 3.05) is 4.90 Å². The van der Waals surface area contributed by atoms with Crippen LogP contribution in [0.5, 0.6) is 0 Å². The highest BCUT2D eigenvalue weighted by Crippen LogP contribution is 2.48. The van der Waals surface area contributed by atoms with Crippen molar-refractivity contribution in [2.24, 2.45) is 0 Å². The van der Waals surface area contributed by atoms with Crippen LogP contribution in [0.4, 0.5) is 11.4 Å². The predicted octanol–water partition coefficient (Wildman–Crippen LogP) is 7.29. The number of anilines is 2. The third-order valence-electron chi connectivity index (χ3n) is 4.46. The Balaban J connectivity index is 0.000000399. The van der Waals surface area contributed by atoms with Crippen molar-refractivity contribution in [1.82, 2.24) is 0 Å². The zero-order valence-corrected chi connectivity index (χ0v) is 16.1. The standard InChI is InChI=1S/C19H19N.C5H10/c1-4-16-17-13-14(3)11-12-19(17)20(18(16)5-2)15-9-7-6-8-10-15;1-4-5(2)3/h4-13,16H,1H2,2-3H3;4H,1-3H3/b18-5+;. The fourth-order valence-corrected chi connectivity index (χ4v) is 2.99. The number of allylic oxidation sites excluding steroid dienone is 4. The van der Waals surface area contributed by atoms with Crippen molar-refractivity contribution in [3.8, 4) is 0 Å². The monoisotopic (exact) mass is 331 g/mol. The minimum atomic E-state index is 0.273. The Kier molecular flexibility index (Phi) is 6.41. The molecule has 0 fully saturated rings. The first-order chi connectivity index (χ1) is 12.0. The molecule has 1 heteroatoms. The molecular formula is C24H29N. The van der Waals surface area contributed by atoms with E-state index in [9.17, 15) is 0 Å². The van der Waals surface area contributed by atoms with Gasteiger partial charge in [0.15, 0.2) is 0 Å². The zero-order valence-electron chi connectivity index (χ0n) is 16.1. The summed E-state index contributed by atoms with van der Waals surface area (Å²) in [6, 6.07) is 17.2. The van der Waals surface area contributed by atoms with Crippen molar-refractivity contribution in [3.63, 3.8) is 0 Å². The van der Waals surface area contributed by atoms with Crippen molar-refractivity contribution >= 4 is 11.4 Å². The van der Waals surface area contributed by atoms with Crippen LogP contribution >= 0.6 is 0 Å². The van der Waals surface area contributed by atoms with E-state index in [2.05, 4.69) is 99.9 Å². The van der Waals surface area contributed by atoms with Gasteiger partial charge in [0.25, 0.3) is 0 Å². The summed E-state index contributed by atoms with van der Waals surface area (Å²) in [6.07, 6.45) is 6.31. The Morgan fingerprint density at radius 2 is 1.68 bits per heavy atom. The molecule has 25 heavy (non-hydrogen) atoms. The van der Waals surface area contributed by atoms with Gasteiger partial charge in [-0.1, -0.05) is 59.7 Å². The van der Waals surface area contributed by atoms with Gasteiger partial charge in [0.1, 0.15) is 0 Å². The second-order valence-electron chi connectivity index (χ2n) is 6.53. The van der Waals surface area contributed by atoms with Crippen molar-refractivity contribution in [2.45, 2.75) is 40.5 Å². The number of fused-ring (bicyclic) bond motifs is 1. The topological polar surface area (TPSA) is 3.24 Å². The molecule has 0 bridgehead atoms. The van der Waals surface area contributed by atoms with Crippen LogP contribution in [-0.2, 0) is 0 Å². The number of aryl methyl sites for hydroxylation is 1. The van der Waals surface area contributed by atoms with Gasteiger partial charge in [-0.05, 0) is 58.4 Å². The summed E-state index contributed by atoms with van der Waals surface area (Å²) in [5, 5.41) is 0. The molecule has 1 aliphatic rings. The normalized spacial score (nSPS) is 16.8. The Bertz CT molecular complexity index is 777. The summed E-state index contributed by atoms with van der Waals surface area (Å²) >= 11 is 0. The van der Waals surface area contributed by atoms with Crippen molar-refractivity contribution in [1.29, 1.82) is 0 Å². The van der Waals surface area contributed by atoms with Gasteiger partial charge in [-0.25, -0.2) is 0 Å². The van der Waals surface area contributed by atoms with Gasteiger partial charge >= 0.3 is 0 Å². The summed E-state index contributed by atoms with van der Waals surface area (Å²) in [5.74, 6) is 0.273. The van der Waals surface area contributed by atoms with Crippen molar-refractivity contribution in [3.05, 3.63) is 95.7 Å². The first kappa shape index (κ1) is 18.8. The van der Waals surface area contributed by atoms with E-state index in [0.29, 0.717) is 0 Å². The molecule has 130 valence electrons. The van der Waals surface area contributed by atoms with Crippen molar-refractivity contribution < 1.29 is 0 Å². The van der Waals surface area contributed by atoms with Crippen LogP contribution in [0.25, 0.3) is 0 Å². The number of hydrogen-bond donors (Lipinski definition) is 0. The maximum atomic E-state index is 4.03. The van der Waals surface area contributed by atoms with E-state index in [1.807, 2.05) is 13.0 Å². The summed E-state index contributed by atoms with van der Waals surface area (Å²) in [4.78, 5) is 2.33. The molecule has 0 N–H and O–H groups in total. The van der Waals surface area contributed by atoms with Crippen LogP contribution in [0.3, 0.4) is 0 Å². The minimum Gasteiger partial charge on any atom is -0.313 e. The Labute approximate surface area is 153 Å². The third kappa shape index (κ3) is 4.11. The highest BCUT2D eigenvalue weighted by Gasteiger charge is 2.32. The summed E-state index contributed by atoms with van der Waals surface area (Å²) in [7, 11) is 0. The molecule has 0 radical (unpaired) electrons. The highest BCUT2D eigenvalue weighted by atomic mass is 15.2. The van der Waals surface area contributed by atoms with E-state index in [4.69, 9.17) is 0 Å². The third-order valence-corrected chi connectivity index (χ3v) is 4.46. The molecule has 1 heterocycles. The molecule has 3 rings (SSSR count). The van der Waals surface area contributed by atoms with E-state index in [-0.39, 0.29) is 5.92 Å². The first-order valence-corrected chi connectivity index (χ1v) is 8.87. The number of rotatable bonds is 2. The molecule has 1 nitrogen and oxygen atoms in total. The molecule has 0 aliphatic carbocycles. The van der Waals surface area contributed by atoms with Crippen LogP contribution in [-0.4, -0.2) is 0 Å². The van der Waals surface area contributed by atoms with Gasteiger partial charge < -0.3 is 4.90 Å². The van der Waals surface area contributed by atoms with Crippen LogP contribution in [0.1, 0.15) is 44.7 Å². The molecule has 1 atom stereocenters. The molecule has 0 saturated carbocycles. The lowest BCUT2D eigenvalue weighted by molar-refractivity contribution is 1.01. The van der Waals surface area contributed by atoms with Gasteiger partial charge in [0.2, 0.25) is 0 Å². The quantitative estimate of drug-likeness (QED) is 0.522. The SMILES string of the molecule is C=CC1/C(=C\C)N(c2ccccc2)c2ccc(C)cc21.CC=C(C)C. The molecular weight excluding hydrogens is 302 g/mol. The summed E-state index contributed by atoms with van der Waals surface area (Å²) < 4.78 is 0. The second-order valence-corrected chi connectivity index (χ2v) is 6.53. The van der Waals surface area contributed by atoms with E-state index in [1.165, 1.54) is 33.8 Å². The Morgan fingerprint density at radius 1 is 1.04 bits per heavy atom. The molecule has 1 aliphatic heterocycles. The number of hydrogen-bond acceptors (Lipinski definition) is 1. The van der Waals surface area contributed by atoms with E-state index in [1.54, 1.807) is 0 Å². The molecule has 0 spiro atoms. The maximum Gasteiger partial charge on any atom is 0.0500 e. The lowest BCUT2D eigenvalue weighted by atomic mass is 9.97. The number of para-hydroxylation sites is 1. The molecule has 2 aromatic carbocycles. The fourth-order valence-electron chi connectivity index (χ4n) is 2.99. The maximum absolute atomic E-state index is 4.03. The Hall–Kier alpha value is -2.54. The molecule has 0 aromatic heterocycles. The second kappa shape index (κ2) is 8.53. The first-order valence-electron chi connectivity index (χ1n) is 8.87. The number of nitrogens with zero attached hydrogens (tertiary/aromatic N) is 1. The molecule has 0 saturated heterocycles. The van der Waals surface area contributed by atoms with Crippen LogP contribution in [0.15, 0.2) is 84.6 Å². The van der Waals surface area contributed by atoms with Gasteiger partial charge in [-0.2, -0.15) is 0 Å². The average Bonchev–Trinajstić information content (AvgIpc) is 2.95. The summed E-state index contributed by atoms with van der Waals surface area (Å²) in [5.41, 5.74) is 7.77. The minimum absolute atomic E-state index is 0.273. The smallest absolute Gasteiger partial charge is 0.0500 e. The summed E-state index contributed by atoms with van der Waals surface area (Å²) in [6.45, 7) is 14.5. The predicted molar refractivity (Wildman–Crippen MR) is 112 cm³/mol. The van der Waals surface area contributed by atoms with Crippen LogP contribution < -0.4 is 4.90 Å². The lowest BCUT2D eigenvalue weighted by Gasteiger charge is -2.22. The van der Waals surface area contributed by atoms with E-state index >= 15 is 0 Å². The van der Waals surface area contributed by atoms with Gasteiger partial charge in [0.05, 0.1) is 5.69 Å². The molecule has 1 unspecified atom stereocenters. The molecule has 2 aromatic rings. The largest absolute Gasteiger partial charge is 0.313 e. The lowest BCUT2D eigenvalue weighted by Crippen LogP contribution is -2.12. The zero-order chi connectivity index (χ0) is 18.4. The van der Waals surface area contributed by atoms with Crippen LogP contribution in [0, 0.1) is 6.92 Å². The number of benzene rings is 2. The molecule has 0 amide bonds. The van der Waals surface area contributed by atoms with Gasteiger partial charge in [-0.15, -0.1) is 6.58 Å². The van der Waals surface area contributed by atoms with E-state index in [0.717, 1.165) is 0 Å².